The fourth-order valence-electron chi connectivity index (χ4n) is 2.09. The number of nitrogens with zero attached hydrogens (tertiary/aromatic N) is 3. The summed E-state index contributed by atoms with van der Waals surface area (Å²) in [6, 6.07) is 7.90. The van der Waals surface area contributed by atoms with Crippen molar-refractivity contribution in [3.63, 3.8) is 0 Å². The standard InChI is InChI=1S/C17H23FN4O2.HI/c1-4-14-11-16(24-21-14)12-20-17(19-2)22(3)9-10-23-15-7-5-13(18)6-8-15;/h5-8,11H,4,9-10,12H2,1-3H3,(H,19,20);1H. The van der Waals surface area contributed by atoms with Crippen molar-refractivity contribution in [2.45, 2.75) is 19.9 Å². The number of halogens is 2. The van der Waals surface area contributed by atoms with Crippen molar-refractivity contribution in [3.05, 3.63) is 47.6 Å². The molecule has 0 amide bonds. The summed E-state index contributed by atoms with van der Waals surface area (Å²) in [5.74, 6) is 1.86. The Morgan fingerprint density at radius 2 is 2.08 bits per heavy atom. The number of ether oxygens (including phenoxy) is 1. The summed E-state index contributed by atoms with van der Waals surface area (Å²) < 4.78 is 23.7. The number of aliphatic imine (C=N–C) groups is 1. The number of aromatic nitrogens is 1. The van der Waals surface area contributed by atoms with Crippen molar-refractivity contribution in [2.75, 3.05) is 27.2 Å². The molecule has 0 unspecified atom stereocenters. The van der Waals surface area contributed by atoms with Crippen LogP contribution in [0.4, 0.5) is 4.39 Å². The number of hydrogen-bond donors (Lipinski definition) is 1. The van der Waals surface area contributed by atoms with Gasteiger partial charge in [0, 0.05) is 20.2 Å². The quantitative estimate of drug-likeness (QED) is 0.390. The van der Waals surface area contributed by atoms with Crippen molar-refractivity contribution in [1.82, 2.24) is 15.4 Å². The summed E-state index contributed by atoms with van der Waals surface area (Å²) in [6.07, 6.45) is 0.846. The molecule has 2 aromatic rings. The monoisotopic (exact) mass is 462 g/mol. The number of nitrogens with one attached hydrogen (secondary N) is 1. The van der Waals surface area contributed by atoms with Crippen LogP contribution in [0.3, 0.4) is 0 Å². The van der Waals surface area contributed by atoms with Crippen LogP contribution in [0.1, 0.15) is 18.4 Å². The molecule has 1 aromatic heterocycles. The van der Waals surface area contributed by atoms with Crippen LogP contribution in [0, 0.1) is 5.82 Å². The van der Waals surface area contributed by atoms with Crippen LogP contribution in [0.5, 0.6) is 5.75 Å². The molecule has 1 N–H and O–H groups in total. The third-order valence-corrected chi connectivity index (χ3v) is 3.47. The lowest BCUT2D eigenvalue weighted by Gasteiger charge is -2.21. The molecule has 0 spiro atoms. The lowest BCUT2D eigenvalue weighted by Crippen LogP contribution is -2.40. The van der Waals surface area contributed by atoms with E-state index in [-0.39, 0.29) is 29.8 Å². The maximum absolute atomic E-state index is 12.8. The molecule has 1 aromatic carbocycles. The predicted molar refractivity (Wildman–Crippen MR) is 106 cm³/mol. The van der Waals surface area contributed by atoms with E-state index >= 15 is 0 Å². The van der Waals surface area contributed by atoms with Gasteiger partial charge in [0.15, 0.2) is 11.7 Å². The summed E-state index contributed by atoms with van der Waals surface area (Å²) in [5, 5.41) is 7.17. The Morgan fingerprint density at radius 1 is 1.36 bits per heavy atom. The van der Waals surface area contributed by atoms with Gasteiger partial charge in [0.05, 0.1) is 18.8 Å². The first kappa shape index (κ1) is 21.2. The summed E-state index contributed by atoms with van der Waals surface area (Å²) in [4.78, 5) is 6.18. The summed E-state index contributed by atoms with van der Waals surface area (Å²) in [6.45, 7) is 3.64. The largest absolute Gasteiger partial charge is 0.492 e. The molecule has 138 valence electrons. The van der Waals surface area contributed by atoms with Crippen molar-refractivity contribution in [2.24, 2.45) is 4.99 Å². The van der Waals surface area contributed by atoms with Crippen LogP contribution >= 0.6 is 24.0 Å². The molecular weight excluding hydrogens is 438 g/mol. The van der Waals surface area contributed by atoms with E-state index in [1.54, 1.807) is 19.2 Å². The minimum absolute atomic E-state index is 0. The molecule has 0 aliphatic rings. The highest BCUT2D eigenvalue weighted by molar-refractivity contribution is 14.0. The van der Waals surface area contributed by atoms with Crippen LogP contribution < -0.4 is 10.1 Å². The summed E-state index contributed by atoms with van der Waals surface area (Å²) >= 11 is 0. The van der Waals surface area contributed by atoms with Crippen molar-refractivity contribution in [3.8, 4) is 5.75 Å². The minimum Gasteiger partial charge on any atom is -0.492 e. The molecule has 0 atom stereocenters. The zero-order chi connectivity index (χ0) is 17.4. The van der Waals surface area contributed by atoms with Gasteiger partial charge in [0.25, 0.3) is 0 Å². The second-order valence-corrected chi connectivity index (χ2v) is 5.26. The molecule has 1 heterocycles. The molecule has 0 saturated carbocycles. The maximum Gasteiger partial charge on any atom is 0.193 e. The lowest BCUT2D eigenvalue weighted by molar-refractivity contribution is 0.280. The fraction of sp³-hybridized carbons (Fsp3) is 0.412. The van der Waals surface area contributed by atoms with E-state index < -0.39 is 0 Å². The number of rotatable bonds is 7. The summed E-state index contributed by atoms with van der Waals surface area (Å²) in [5.41, 5.74) is 0.933. The Bertz CT molecular complexity index is 661. The molecule has 2 rings (SSSR count). The number of hydrogen-bond acceptors (Lipinski definition) is 4. The first-order valence-corrected chi connectivity index (χ1v) is 7.87. The SMILES string of the molecule is CCc1cc(CNC(=NC)N(C)CCOc2ccc(F)cc2)on1.I. The van der Waals surface area contributed by atoms with E-state index in [0.29, 0.717) is 25.4 Å². The fourth-order valence-corrected chi connectivity index (χ4v) is 2.09. The van der Waals surface area contributed by atoms with Crippen molar-refractivity contribution in [1.29, 1.82) is 0 Å². The zero-order valence-corrected chi connectivity index (χ0v) is 17.0. The molecule has 0 aliphatic carbocycles. The van der Waals surface area contributed by atoms with E-state index in [1.165, 1.54) is 12.1 Å². The molecule has 0 bridgehead atoms. The van der Waals surface area contributed by atoms with E-state index in [9.17, 15) is 4.39 Å². The van der Waals surface area contributed by atoms with Gasteiger partial charge in [-0.2, -0.15) is 0 Å². The zero-order valence-electron chi connectivity index (χ0n) is 14.7. The van der Waals surface area contributed by atoms with Gasteiger partial charge in [0.2, 0.25) is 0 Å². The number of guanidine groups is 1. The van der Waals surface area contributed by atoms with E-state index in [2.05, 4.69) is 15.5 Å². The maximum atomic E-state index is 12.8. The molecule has 0 fully saturated rings. The van der Waals surface area contributed by atoms with Gasteiger partial charge in [-0.3, -0.25) is 4.99 Å². The van der Waals surface area contributed by atoms with Gasteiger partial charge in [0.1, 0.15) is 18.2 Å². The van der Waals surface area contributed by atoms with Gasteiger partial charge in [-0.1, -0.05) is 12.1 Å². The van der Waals surface area contributed by atoms with Crippen molar-refractivity contribution >= 4 is 29.9 Å². The van der Waals surface area contributed by atoms with E-state index in [4.69, 9.17) is 9.26 Å². The van der Waals surface area contributed by atoms with Crippen LogP contribution in [0.2, 0.25) is 0 Å². The predicted octanol–water partition coefficient (Wildman–Crippen LogP) is 3.08. The van der Waals surface area contributed by atoms with E-state index in [0.717, 1.165) is 23.8 Å². The molecular formula is C17H24FIN4O2. The van der Waals surface area contributed by atoms with Gasteiger partial charge < -0.3 is 19.5 Å². The van der Waals surface area contributed by atoms with Gasteiger partial charge in [-0.05, 0) is 30.7 Å². The highest BCUT2D eigenvalue weighted by atomic mass is 127. The molecule has 0 saturated heterocycles. The van der Waals surface area contributed by atoms with Crippen molar-refractivity contribution < 1.29 is 13.7 Å². The smallest absolute Gasteiger partial charge is 0.193 e. The Morgan fingerprint density at radius 3 is 2.68 bits per heavy atom. The highest BCUT2D eigenvalue weighted by Crippen LogP contribution is 2.10. The summed E-state index contributed by atoms with van der Waals surface area (Å²) in [7, 11) is 3.64. The van der Waals surface area contributed by atoms with Crippen LogP contribution in [0.15, 0.2) is 39.8 Å². The van der Waals surface area contributed by atoms with Gasteiger partial charge >= 0.3 is 0 Å². The highest BCUT2D eigenvalue weighted by Gasteiger charge is 2.08. The third-order valence-electron chi connectivity index (χ3n) is 3.47. The number of aryl methyl sites for hydroxylation is 1. The Labute approximate surface area is 164 Å². The lowest BCUT2D eigenvalue weighted by atomic mass is 10.3. The second-order valence-electron chi connectivity index (χ2n) is 5.26. The topological polar surface area (TPSA) is 62.9 Å². The first-order valence-electron chi connectivity index (χ1n) is 7.87. The molecule has 0 aliphatic heterocycles. The first-order chi connectivity index (χ1) is 11.6. The number of likely N-dealkylation sites (N-methyl/N-ethyl adjacent to an activating group) is 1. The third kappa shape index (κ3) is 6.89. The molecule has 25 heavy (non-hydrogen) atoms. The molecule has 8 heteroatoms. The van der Waals surface area contributed by atoms with E-state index in [1.807, 2.05) is 24.9 Å². The Hall–Kier alpha value is -1.84. The van der Waals surface area contributed by atoms with Crippen LogP contribution in [-0.4, -0.2) is 43.3 Å². The van der Waals surface area contributed by atoms with Gasteiger partial charge in [-0.25, -0.2) is 4.39 Å². The normalized spacial score (nSPS) is 11.0. The van der Waals surface area contributed by atoms with Crippen LogP contribution in [0.25, 0.3) is 0 Å². The average Bonchev–Trinajstić information content (AvgIpc) is 3.05. The Kier molecular flexibility index (Phi) is 9.25. The molecule has 0 radical (unpaired) electrons. The Balaban J connectivity index is 0.00000312. The molecule has 6 nitrogen and oxygen atoms in total. The second kappa shape index (κ2) is 10.9. The van der Waals surface area contributed by atoms with Crippen LogP contribution in [-0.2, 0) is 13.0 Å². The minimum atomic E-state index is -0.275. The van der Waals surface area contributed by atoms with Gasteiger partial charge in [-0.15, -0.1) is 24.0 Å². The number of benzene rings is 1. The average molecular weight is 462 g/mol.